The van der Waals surface area contributed by atoms with Crippen molar-refractivity contribution >= 4 is 48.3 Å². The molecule has 1 aliphatic carbocycles. The zero-order chi connectivity index (χ0) is 23.0. The minimum absolute atomic E-state index is 0.0439. The molecule has 1 aromatic heterocycles. The summed E-state index contributed by atoms with van der Waals surface area (Å²) >= 11 is 1.57. The van der Waals surface area contributed by atoms with Gasteiger partial charge in [-0.3, -0.25) is 4.79 Å². The number of amides is 1. The Hall–Kier alpha value is -2.73. The number of nitrogens with zero attached hydrogens (tertiary/aromatic N) is 2. The first-order chi connectivity index (χ1) is 15.9. The van der Waals surface area contributed by atoms with Crippen LogP contribution < -0.4 is 19.7 Å². The van der Waals surface area contributed by atoms with Gasteiger partial charge < -0.3 is 19.7 Å². The van der Waals surface area contributed by atoms with Crippen LogP contribution in [0, 0.1) is 0 Å². The summed E-state index contributed by atoms with van der Waals surface area (Å²) < 4.78 is 39.7. The van der Waals surface area contributed by atoms with Gasteiger partial charge in [-0.1, -0.05) is 11.3 Å². The summed E-state index contributed by atoms with van der Waals surface area (Å²) in [6.45, 7) is 2.99. The van der Waals surface area contributed by atoms with Gasteiger partial charge in [-0.25, -0.2) is 18.1 Å². The van der Waals surface area contributed by atoms with Gasteiger partial charge in [0.15, 0.2) is 5.13 Å². The van der Waals surface area contributed by atoms with E-state index in [0.717, 1.165) is 41.3 Å². The predicted molar refractivity (Wildman–Crippen MR) is 127 cm³/mol. The number of carbonyl (C=O) groups excluding carboxylic acids is 1. The summed E-state index contributed by atoms with van der Waals surface area (Å²) in [6, 6.07) is 9.88. The van der Waals surface area contributed by atoms with Gasteiger partial charge in [0.25, 0.3) is 5.91 Å². The quantitative estimate of drug-likeness (QED) is 0.526. The van der Waals surface area contributed by atoms with Gasteiger partial charge in [0.2, 0.25) is 10.0 Å². The Morgan fingerprint density at radius 1 is 1.18 bits per heavy atom. The molecule has 2 fully saturated rings. The molecule has 0 radical (unpaired) electrons. The van der Waals surface area contributed by atoms with Crippen molar-refractivity contribution in [3.63, 3.8) is 0 Å². The number of benzene rings is 2. The maximum Gasteiger partial charge on any atom is 0.255 e. The van der Waals surface area contributed by atoms with Gasteiger partial charge in [0.1, 0.15) is 10.6 Å². The smallest absolute Gasteiger partial charge is 0.255 e. The Morgan fingerprint density at radius 3 is 2.70 bits per heavy atom. The van der Waals surface area contributed by atoms with E-state index in [2.05, 4.69) is 19.9 Å². The molecule has 2 N–H and O–H groups in total. The second kappa shape index (κ2) is 8.90. The Balaban J connectivity index is 1.37. The van der Waals surface area contributed by atoms with Crippen LogP contribution in [0.25, 0.3) is 10.2 Å². The fourth-order valence-electron chi connectivity index (χ4n) is 3.60. The second-order valence-electron chi connectivity index (χ2n) is 7.99. The average Bonchev–Trinajstić information content (AvgIpc) is 3.52. The van der Waals surface area contributed by atoms with Crippen molar-refractivity contribution in [2.75, 3.05) is 43.6 Å². The van der Waals surface area contributed by atoms with Crippen LogP contribution >= 0.6 is 11.3 Å². The van der Waals surface area contributed by atoms with E-state index in [1.165, 1.54) is 19.2 Å². The molecular weight excluding hydrogens is 464 g/mol. The number of aromatic nitrogens is 1. The lowest BCUT2D eigenvalue weighted by Gasteiger charge is -2.25. The summed E-state index contributed by atoms with van der Waals surface area (Å²) in [5.41, 5.74) is 1.70. The van der Waals surface area contributed by atoms with Crippen LogP contribution in [-0.4, -0.2) is 58.8 Å². The number of hydrogen-bond donors (Lipinski definition) is 2. The van der Waals surface area contributed by atoms with E-state index in [4.69, 9.17) is 9.47 Å². The third kappa shape index (κ3) is 4.81. The normalized spacial score (nSPS) is 16.7. The van der Waals surface area contributed by atoms with Crippen molar-refractivity contribution in [3.05, 3.63) is 42.0 Å². The maximum absolute atomic E-state index is 12.9. The molecule has 0 atom stereocenters. The lowest BCUT2D eigenvalue weighted by molar-refractivity contribution is 0.102. The lowest BCUT2D eigenvalue weighted by atomic mass is 10.2. The zero-order valence-corrected chi connectivity index (χ0v) is 19.7. The Morgan fingerprint density at radius 2 is 1.97 bits per heavy atom. The van der Waals surface area contributed by atoms with Crippen molar-refractivity contribution in [1.82, 2.24) is 9.71 Å². The molecule has 11 heteroatoms. The molecule has 2 heterocycles. The minimum Gasteiger partial charge on any atom is -0.495 e. The fraction of sp³-hybridized carbons (Fsp3) is 0.364. The van der Waals surface area contributed by atoms with E-state index in [9.17, 15) is 13.2 Å². The fourth-order valence-corrected chi connectivity index (χ4v) is 6.15. The summed E-state index contributed by atoms with van der Waals surface area (Å²) in [7, 11) is -2.38. The molecule has 174 valence electrons. The van der Waals surface area contributed by atoms with Gasteiger partial charge in [-0.2, -0.15) is 0 Å². The number of rotatable bonds is 7. The molecule has 2 aromatic carbocycles. The molecule has 0 spiro atoms. The number of ether oxygens (including phenoxy) is 2. The van der Waals surface area contributed by atoms with Crippen LogP contribution in [0.15, 0.2) is 41.3 Å². The SMILES string of the molecule is COc1ccc(C(=O)Nc2ccc3nc(N4CCOCC4)sc3c2)cc1S(=O)(=O)NC1CC1. The Bertz CT molecular complexity index is 1300. The number of carbonyl (C=O) groups is 1. The van der Waals surface area contributed by atoms with Crippen LogP contribution in [0.4, 0.5) is 10.8 Å². The number of hydrogen-bond acceptors (Lipinski definition) is 8. The highest BCUT2D eigenvalue weighted by Crippen LogP contribution is 2.32. The number of methoxy groups -OCH3 is 1. The van der Waals surface area contributed by atoms with Crippen LogP contribution in [0.1, 0.15) is 23.2 Å². The number of nitrogens with one attached hydrogen (secondary N) is 2. The molecule has 1 saturated carbocycles. The summed E-state index contributed by atoms with van der Waals surface area (Å²) in [6.07, 6.45) is 1.63. The third-order valence-corrected chi connectivity index (χ3v) is 8.15. The first kappa shape index (κ1) is 22.1. The van der Waals surface area contributed by atoms with E-state index in [1.54, 1.807) is 23.5 Å². The van der Waals surface area contributed by atoms with Gasteiger partial charge in [-0.05, 0) is 49.2 Å². The first-order valence-corrected chi connectivity index (χ1v) is 13.0. The van der Waals surface area contributed by atoms with Crippen molar-refractivity contribution in [3.8, 4) is 5.75 Å². The van der Waals surface area contributed by atoms with Crippen molar-refractivity contribution in [2.45, 2.75) is 23.8 Å². The number of sulfonamides is 1. The lowest BCUT2D eigenvalue weighted by Crippen LogP contribution is -2.36. The number of thiazole rings is 1. The minimum atomic E-state index is -3.78. The van der Waals surface area contributed by atoms with Crippen LogP contribution in [0.5, 0.6) is 5.75 Å². The largest absolute Gasteiger partial charge is 0.495 e. The van der Waals surface area contributed by atoms with Crippen molar-refractivity contribution in [1.29, 1.82) is 0 Å². The van der Waals surface area contributed by atoms with E-state index >= 15 is 0 Å². The summed E-state index contributed by atoms with van der Waals surface area (Å²) in [4.78, 5) is 19.8. The van der Waals surface area contributed by atoms with E-state index < -0.39 is 15.9 Å². The number of anilines is 2. The van der Waals surface area contributed by atoms with Crippen LogP contribution in [0.3, 0.4) is 0 Å². The number of fused-ring (bicyclic) bond motifs is 1. The summed E-state index contributed by atoms with van der Waals surface area (Å²) in [5.74, 6) is -0.209. The van der Waals surface area contributed by atoms with Crippen molar-refractivity contribution < 1.29 is 22.7 Å². The molecule has 0 unspecified atom stereocenters. The molecule has 2 aliphatic rings. The van der Waals surface area contributed by atoms with Gasteiger partial charge in [-0.15, -0.1) is 0 Å². The molecule has 1 amide bonds. The molecule has 0 bridgehead atoms. The zero-order valence-electron chi connectivity index (χ0n) is 18.0. The maximum atomic E-state index is 12.9. The topological polar surface area (TPSA) is 110 Å². The van der Waals surface area contributed by atoms with Gasteiger partial charge >= 0.3 is 0 Å². The highest BCUT2D eigenvalue weighted by Gasteiger charge is 2.30. The average molecular weight is 489 g/mol. The van der Waals surface area contributed by atoms with E-state index in [-0.39, 0.29) is 22.3 Å². The van der Waals surface area contributed by atoms with E-state index in [0.29, 0.717) is 18.9 Å². The molecule has 1 aliphatic heterocycles. The first-order valence-electron chi connectivity index (χ1n) is 10.7. The highest BCUT2D eigenvalue weighted by molar-refractivity contribution is 7.89. The number of morpholine rings is 1. The highest BCUT2D eigenvalue weighted by atomic mass is 32.2. The second-order valence-corrected chi connectivity index (χ2v) is 10.7. The summed E-state index contributed by atoms with van der Waals surface area (Å²) in [5, 5.41) is 3.79. The van der Waals surface area contributed by atoms with Crippen molar-refractivity contribution in [2.24, 2.45) is 0 Å². The van der Waals surface area contributed by atoms with Crippen LogP contribution in [0.2, 0.25) is 0 Å². The molecule has 33 heavy (non-hydrogen) atoms. The molecule has 3 aromatic rings. The molecule has 1 saturated heterocycles. The molecule has 9 nitrogen and oxygen atoms in total. The van der Waals surface area contributed by atoms with E-state index in [1.807, 2.05) is 12.1 Å². The molecular formula is C22H24N4O5S2. The third-order valence-electron chi connectivity index (χ3n) is 5.53. The Kier molecular flexibility index (Phi) is 5.95. The predicted octanol–water partition coefficient (Wildman–Crippen LogP) is 2.83. The van der Waals surface area contributed by atoms with Crippen LogP contribution in [-0.2, 0) is 14.8 Å². The standard InChI is InChI=1S/C22H24N4O5S2/c1-30-18-7-2-14(12-20(18)33(28,29)25-15-3-4-15)21(27)23-16-5-6-17-19(13-16)32-22(24-17)26-8-10-31-11-9-26/h2,5-7,12-13,15,25H,3-4,8-11H2,1H3,(H,23,27). The Labute approximate surface area is 195 Å². The monoisotopic (exact) mass is 488 g/mol. The van der Waals surface area contributed by atoms with Gasteiger partial charge in [0, 0.05) is 30.4 Å². The van der Waals surface area contributed by atoms with Gasteiger partial charge in [0.05, 0.1) is 30.5 Å². The molecule has 5 rings (SSSR count).